The van der Waals surface area contributed by atoms with Crippen molar-refractivity contribution in [2.75, 3.05) is 22.9 Å². The van der Waals surface area contributed by atoms with E-state index in [-0.39, 0.29) is 21.7 Å². The van der Waals surface area contributed by atoms with E-state index in [0.29, 0.717) is 0 Å². The van der Waals surface area contributed by atoms with Gasteiger partial charge in [-0.15, -0.1) is 0 Å². The average molecular weight is 733 g/mol. The standard InChI is InChI=1S/C54H56N2/c1-51(2)27-29-55(49-15-11-9-13-43(49)51)37-21-25-41-39-23-19-35(31-45(39)53(5,6)47(41)33-37)17-18-36-20-24-40-42-26-22-38(34-48(42)54(7,8)46(40)32-36)56-30-28-52(3,4)44-14-10-12-16-50(44)56/h9-11,13-15,17-26,31-34H,12,16,27-30H2,1-8H3/b18-17+. The van der Waals surface area contributed by atoms with Crippen LogP contribution in [0.15, 0.2) is 120 Å². The van der Waals surface area contributed by atoms with Crippen LogP contribution in [-0.2, 0) is 16.2 Å². The molecule has 5 aromatic carbocycles. The predicted octanol–water partition coefficient (Wildman–Crippen LogP) is 14.1. The largest absolute Gasteiger partial charge is 0.345 e. The van der Waals surface area contributed by atoms with Gasteiger partial charge in [-0.2, -0.15) is 0 Å². The third kappa shape index (κ3) is 5.28. The van der Waals surface area contributed by atoms with Crippen LogP contribution in [0.4, 0.5) is 17.1 Å². The maximum absolute atomic E-state index is 2.63. The maximum atomic E-state index is 2.63. The molecule has 0 fully saturated rings. The van der Waals surface area contributed by atoms with Crippen molar-refractivity contribution in [1.29, 1.82) is 0 Å². The van der Waals surface area contributed by atoms with Crippen molar-refractivity contribution < 1.29 is 0 Å². The van der Waals surface area contributed by atoms with E-state index in [1.165, 1.54) is 96.0 Å². The molecule has 3 aliphatic carbocycles. The number of benzene rings is 5. The zero-order valence-corrected chi connectivity index (χ0v) is 34.7. The van der Waals surface area contributed by atoms with E-state index in [0.717, 1.165) is 32.4 Å². The molecule has 2 aliphatic heterocycles. The highest BCUT2D eigenvalue weighted by Gasteiger charge is 2.39. The summed E-state index contributed by atoms with van der Waals surface area (Å²) in [4.78, 5) is 5.17. The molecule has 56 heavy (non-hydrogen) atoms. The molecular formula is C54H56N2. The highest BCUT2D eigenvalue weighted by atomic mass is 15.2. The summed E-state index contributed by atoms with van der Waals surface area (Å²) >= 11 is 0. The number of nitrogens with zero attached hydrogens (tertiary/aromatic N) is 2. The Balaban J connectivity index is 0.919. The van der Waals surface area contributed by atoms with E-state index in [2.05, 4.69) is 187 Å². The zero-order valence-electron chi connectivity index (χ0n) is 34.7. The molecule has 0 radical (unpaired) electrons. The molecule has 10 rings (SSSR count). The Morgan fingerprint density at radius 2 is 1.00 bits per heavy atom. The Morgan fingerprint density at radius 3 is 1.61 bits per heavy atom. The Hall–Kier alpha value is -5.08. The lowest BCUT2D eigenvalue weighted by Gasteiger charge is -2.43. The molecule has 282 valence electrons. The summed E-state index contributed by atoms with van der Waals surface area (Å²) in [6.45, 7) is 21.4. The van der Waals surface area contributed by atoms with Crippen LogP contribution < -0.4 is 9.80 Å². The molecule has 0 saturated carbocycles. The van der Waals surface area contributed by atoms with Crippen molar-refractivity contribution >= 4 is 29.2 Å². The van der Waals surface area contributed by atoms with Gasteiger partial charge >= 0.3 is 0 Å². The second kappa shape index (κ2) is 12.2. The molecule has 5 aromatic rings. The van der Waals surface area contributed by atoms with Gasteiger partial charge in [0.05, 0.1) is 0 Å². The summed E-state index contributed by atoms with van der Waals surface area (Å²) < 4.78 is 0. The molecule has 0 aromatic heterocycles. The molecule has 0 amide bonds. The maximum Gasteiger partial charge on any atom is 0.0448 e. The van der Waals surface area contributed by atoms with Crippen LogP contribution >= 0.6 is 0 Å². The fourth-order valence-corrected chi connectivity index (χ4v) is 10.9. The fraction of sp³-hybridized carbons (Fsp3) is 0.333. The summed E-state index contributed by atoms with van der Waals surface area (Å²) in [6.07, 6.45) is 14.0. The van der Waals surface area contributed by atoms with Gasteiger partial charge < -0.3 is 9.80 Å². The van der Waals surface area contributed by atoms with E-state index in [9.17, 15) is 0 Å². The molecule has 0 N–H and O–H groups in total. The number of fused-ring (bicyclic) bond motifs is 7. The lowest BCUT2D eigenvalue weighted by Crippen LogP contribution is -2.37. The van der Waals surface area contributed by atoms with Crippen LogP contribution in [0.2, 0.25) is 0 Å². The topological polar surface area (TPSA) is 6.48 Å². The van der Waals surface area contributed by atoms with Gasteiger partial charge in [0.25, 0.3) is 0 Å². The summed E-state index contributed by atoms with van der Waals surface area (Å²) in [5.74, 6) is 0. The lowest BCUT2D eigenvalue weighted by atomic mass is 9.74. The minimum atomic E-state index is -0.0858. The highest BCUT2D eigenvalue weighted by molar-refractivity contribution is 5.87. The van der Waals surface area contributed by atoms with Crippen molar-refractivity contribution in [3.8, 4) is 22.3 Å². The molecule has 2 heterocycles. The number of anilines is 3. The molecule has 0 unspecified atom stereocenters. The molecule has 2 nitrogen and oxygen atoms in total. The van der Waals surface area contributed by atoms with Gasteiger partial charge in [0, 0.05) is 46.7 Å². The third-order valence-electron chi connectivity index (χ3n) is 14.5. The van der Waals surface area contributed by atoms with Crippen molar-refractivity contribution in [2.24, 2.45) is 5.41 Å². The van der Waals surface area contributed by atoms with Gasteiger partial charge in [-0.05, 0) is 134 Å². The van der Waals surface area contributed by atoms with Gasteiger partial charge in [0.1, 0.15) is 0 Å². The summed E-state index contributed by atoms with van der Waals surface area (Å²) in [5, 5.41) is 0. The Labute approximate surface area is 335 Å². The van der Waals surface area contributed by atoms with Crippen molar-refractivity contribution in [1.82, 2.24) is 0 Å². The fourth-order valence-electron chi connectivity index (χ4n) is 10.9. The molecule has 5 aliphatic rings. The van der Waals surface area contributed by atoms with Gasteiger partial charge in [-0.3, -0.25) is 0 Å². The van der Waals surface area contributed by atoms with Crippen molar-refractivity contribution in [3.63, 3.8) is 0 Å². The molecule has 0 bridgehead atoms. The predicted molar refractivity (Wildman–Crippen MR) is 239 cm³/mol. The Bertz CT molecular complexity index is 2550. The second-order valence-electron chi connectivity index (χ2n) is 19.5. The van der Waals surface area contributed by atoms with Crippen LogP contribution in [0.1, 0.15) is 120 Å². The minimum Gasteiger partial charge on any atom is -0.345 e. The van der Waals surface area contributed by atoms with Crippen LogP contribution in [0, 0.1) is 5.41 Å². The van der Waals surface area contributed by atoms with E-state index in [4.69, 9.17) is 0 Å². The normalized spacial score (nSPS) is 20.4. The Morgan fingerprint density at radius 1 is 0.500 bits per heavy atom. The van der Waals surface area contributed by atoms with Crippen LogP contribution in [0.25, 0.3) is 34.4 Å². The monoisotopic (exact) mass is 732 g/mol. The van der Waals surface area contributed by atoms with Crippen molar-refractivity contribution in [2.45, 2.75) is 97.3 Å². The van der Waals surface area contributed by atoms with Crippen molar-refractivity contribution in [3.05, 3.63) is 159 Å². The molecule has 0 spiro atoms. The van der Waals surface area contributed by atoms with Gasteiger partial charge in [-0.1, -0.05) is 146 Å². The minimum absolute atomic E-state index is 0.0715. The van der Waals surface area contributed by atoms with Gasteiger partial charge in [0.15, 0.2) is 0 Å². The third-order valence-corrected chi connectivity index (χ3v) is 14.5. The zero-order chi connectivity index (χ0) is 38.8. The quantitative estimate of drug-likeness (QED) is 0.170. The molecule has 2 heteroatoms. The Kier molecular flexibility index (Phi) is 7.71. The molecule has 0 saturated heterocycles. The highest BCUT2D eigenvalue weighted by Crippen LogP contribution is 2.53. The summed E-state index contributed by atoms with van der Waals surface area (Å²) in [5.41, 5.74) is 22.5. The van der Waals surface area contributed by atoms with E-state index in [1.54, 1.807) is 0 Å². The van der Waals surface area contributed by atoms with Gasteiger partial charge in [0.2, 0.25) is 0 Å². The van der Waals surface area contributed by atoms with Gasteiger partial charge in [-0.25, -0.2) is 0 Å². The SMILES string of the molecule is CC1(C)CCN(c2ccc3c(c2)C(C)(C)c2cc(/C=C/c4ccc5c(c4)C(C)(C)c4cc(N6CCC(C)(C)c7ccccc76)ccc4-5)ccc2-3)C2=C1C=CCC2. The first-order chi connectivity index (χ1) is 26.7. The van der Waals surface area contributed by atoms with E-state index < -0.39 is 0 Å². The number of allylic oxidation sites excluding steroid dienone is 4. The molecule has 0 atom stereocenters. The number of hydrogen-bond donors (Lipinski definition) is 0. The summed E-state index contributed by atoms with van der Waals surface area (Å²) in [6, 6.07) is 37.7. The number of hydrogen-bond acceptors (Lipinski definition) is 2. The first-order valence-electron chi connectivity index (χ1n) is 21.1. The van der Waals surface area contributed by atoms with E-state index >= 15 is 0 Å². The lowest BCUT2D eigenvalue weighted by molar-refractivity contribution is 0.390. The smallest absolute Gasteiger partial charge is 0.0448 e. The van der Waals surface area contributed by atoms with E-state index in [1.807, 2.05) is 0 Å². The number of para-hydroxylation sites is 1. The average Bonchev–Trinajstić information content (AvgIpc) is 3.55. The molecular weight excluding hydrogens is 677 g/mol. The first-order valence-corrected chi connectivity index (χ1v) is 21.1. The number of rotatable bonds is 4. The van der Waals surface area contributed by atoms with Crippen LogP contribution in [0.3, 0.4) is 0 Å². The first kappa shape index (κ1) is 35.3. The van der Waals surface area contributed by atoms with Crippen LogP contribution in [0.5, 0.6) is 0 Å². The van der Waals surface area contributed by atoms with Crippen LogP contribution in [-0.4, -0.2) is 13.1 Å². The second-order valence-corrected chi connectivity index (χ2v) is 19.5. The summed E-state index contributed by atoms with van der Waals surface area (Å²) in [7, 11) is 0.